The number of nitro groups is 1. The lowest BCUT2D eigenvalue weighted by molar-refractivity contribution is -0.384. The van der Waals surface area contributed by atoms with Crippen molar-refractivity contribution in [3.63, 3.8) is 0 Å². The molecule has 1 aromatic rings. The molecule has 6 nitrogen and oxygen atoms in total. The predicted octanol–water partition coefficient (Wildman–Crippen LogP) is 1.59. The number of nitrogens with zero attached hydrogens (tertiary/aromatic N) is 3. The third kappa shape index (κ3) is 4.98. The van der Waals surface area contributed by atoms with Gasteiger partial charge >= 0.3 is 0 Å². The van der Waals surface area contributed by atoms with Gasteiger partial charge in [0.25, 0.3) is 5.69 Å². The Kier molecular flexibility index (Phi) is 6.47. The molecule has 0 aromatic heterocycles. The minimum absolute atomic E-state index is 0. The zero-order chi connectivity index (χ0) is 12.1. The van der Waals surface area contributed by atoms with Crippen LogP contribution in [-0.2, 0) is 6.54 Å². The van der Waals surface area contributed by atoms with Crippen LogP contribution in [0.4, 0.5) is 5.69 Å². The van der Waals surface area contributed by atoms with Crippen LogP contribution in [0.15, 0.2) is 29.3 Å². The fraction of sp³-hybridized carbons (Fsp3) is 0.300. The molecule has 0 amide bonds. The Morgan fingerprint density at radius 3 is 2.71 bits per heavy atom. The molecule has 0 radical (unpaired) electrons. The van der Waals surface area contributed by atoms with Gasteiger partial charge in [0.1, 0.15) is 0 Å². The minimum Gasteiger partial charge on any atom is -0.370 e. The molecule has 17 heavy (non-hydrogen) atoms. The van der Waals surface area contributed by atoms with Gasteiger partial charge in [-0.05, 0) is 5.56 Å². The van der Waals surface area contributed by atoms with Crippen LogP contribution in [0, 0.1) is 10.1 Å². The highest BCUT2D eigenvalue weighted by Crippen LogP contribution is 2.13. The molecule has 94 valence electrons. The van der Waals surface area contributed by atoms with Crippen molar-refractivity contribution in [3.8, 4) is 0 Å². The lowest BCUT2D eigenvalue weighted by Gasteiger charge is -2.10. The summed E-state index contributed by atoms with van der Waals surface area (Å²) < 4.78 is 0. The van der Waals surface area contributed by atoms with Crippen molar-refractivity contribution >= 4 is 35.6 Å². The average molecular weight is 350 g/mol. The lowest BCUT2D eigenvalue weighted by Crippen LogP contribution is -2.30. The Morgan fingerprint density at radius 1 is 1.53 bits per heavy atom. The molecule has 2 N–H and O–H groups in total. The molecule has 0 saturated heterocycles. The van der Waals surface area contributed by atoms with Crippen molar-refractivity contribution < 1.29 is 4.92 Å². The molecule has 0 aliphatic rings. The van der Waals surface area contributed by atoms with Gasteiger partial charge in [-0.3, -0.25) is 10.1 Å². The van der Waals surface area contributed by atoms with Gasteiger partial charge < -0.3 is 10.6 Å². The molecule has 0 bridgehead atoms. The van der Waals surface area contributed by atoms with Gasteiger partial charge in [-0.1, -0.05) is 12.1 Å². The van der Waals surface area contributed by atoms with Gasteiger partial charge in [-0.25, -0.2) is 4.99 Å². The number of hydrogen-bond donors (Lipinski definition) is 1. The molecule has 0 heterocycles. The normalized spacial score (nSPS) is 10.6. The molecule has 0 aliphatic heterocycles. The quantitative estimate of drug-likeness (QED) is 0.295. The number of benzene rings is 1. The summed E-state index contributed by atoms with van der Waals surface area (Å²) in [5.74, 6) is 0.395. The summed E-state index contributed by atoms with van der Waals surface area (Å²) in [6, 6.07) is 6.35. The van der Waals surface area contributed by atoms with E-state index in [1.807, 2.05) is 0 Å². The second-order valence-electron chi connectivity index (χ2n) is 3.50. The van der Waals surface area contributed by atoms with Crippen LogP contribution in [0.25, 0.3) is 0 Å². The van der Waals surface area contributed by atoms with Gasteiger partial charge in [0.2, 0.25) is 0 Å². The Hall–Kier alpha value is -1.38. The van der Waals surface area contributed by atoms with Crippen LogP contribution in [0.1, 0.15) is 5.56 Å². The number of rotatable bonds is 3. The zero-order valence-electron chi connectivity index (χ0n) is 9.66. The first-order valence-electron chi connectivity index (χ1n) is 4.71. The first-order chi connectivity index (χ1) is 7.50. The first-order valence-corrected chi connectivity index (χ1v) is 4.71. The van der Waals surface area contributed by atoms with Crippen LogP contribution in [0.2, 0.25) is 0 Å². The molecule has 0 fully saturated rings. The number of nitro benzene ring substituents is 1. The van der Waals surface area contributed by atoms with Crippen LogP contribution in [0.5, 0.6) is 0 Å². The van der Waals surface area contributed by atoms with E-state index in [1.165, 1.54) is 12.1 Å². The standard InChI is InChI=1S/C10H14N4O2.HI/c1-13(2)10(11)12-7-8-4-3-5-9(6-8)14(15)16;/h3-6H,7H2,1-2H3,(H2,11,12);1H. The van der Waals surface area contributed by atoms with E-state index >= 15 is 0 Å². The van der Waals surface area contributed by atoms with Gasteiger partial charge in [-0.15, -0.1) is 24.0 Å². The van der Waals surface area contributed by atoms with E-state index in [9.17, 15) is 10.1 Å². The molecule has 0 saturated carbocycles. The van der Waals surface area contributed by atoms with E-state index in [1.54, 1.807) is 31.1 Å². The Bertz CT molecular complexity index is 421. The van der Waals surface area contributed by atoms with Gasteiger partial charge in [0, 0.05) is 26.2 Å². The van der Waals surface area contributed by atoms with Crippen LogP contribution >= 0.6 is 24.0 Å². The number of guanidine groups is 1. The van der Waals surface area contributed by atoms with Crippen molar-refractivity contribution in [2.24, 2.45) is 10.7 Å². The molecule has 0 atom stereocenters. The van der Waals surface area contributed by atoms with Gasteiger partial charge in [0.05, 0.1) is 11.5 Å². The topological polar surface area (TPSA) is 84.8 Å². The predicted molar refractivity (Wildman–Crippen MR) is 77.5 cm³/mol. The SMILES string of the molecule is CN(C)C(N)=NCc1cccc([N+](=O)[O-])c1.I. The summed E-state index contributed by atoms with van der Waals surface area (Å²) in [6.45, 7) is 0.339. The maximum atomic E-state index is 10.5. The number of nitrogens with two attached hydrogens (primary N) is 1. The average Bonchev–Trinajstić information content (AvgIpc) is 2.26. The van der Waals surface area contributed by atoms with E-state index in [0.717, 1.165) is 5.56 Å². The minimum atomic E-state index is -0.428. The second kappa shape index (κ2) is 7.05. The van der Waals surface area contributed by atoms with E-state index in [4.69, 9.17) is 5.73 Å². The number of hydrogen-bond acceptors (Lipinski definition) is 3. The number of halogens is 1. The molecule has 1 aromatic carbocycles. The third-order valence-electron chi connectivity index (χ3n) is 2.00. The highest BCUT2D eigenvalue weighted by Gasteiger charge is 2.05. The largest absolute Gasteiger partial charge is 0.370 e. The zero-order valence-corrected chi connectivity index (χ0v) is 12.0. The molecule has 0 unspecified atom stereocenters. The van der Waals surface area contributed by atoms with Crippen molar-refractivity contribution in [1.29, 1.82) is 0 Å². The van der Waals surface area contributed by atoms with E-state index in [0.29, 0.717) is 12.5 Å². The maximum absolute atomic E-state index is 10.5. The van der Waals surface area contributed by atoms with Crippen LogP contribution in [-0.4, -0.2) is 29.9 Å². The van der Waals surface area contributed by atoms with Crippen molar-refractivity contribution in [2.45, 2.75) is 6.54 Å². The Labute approximate surface area is 117 Å². The Morgan fingerprint density at radius 2 is 2.18 bits per heavy atom. The lowest BCUT2D eigenvalue weighted by atomic mass is 10.2. The van der Waals surface area contributed by atoms with Gasteiger partial charge in [0.15, 0.2) is 5.96 Å². The summed E-state index contributed by atoms with van der Waals surface area (Å²) in [7, 11) is 3.57. The molecule has 0 spiro atoms. The van der Waals surface area contributed by atoms with Crippen LogP contribution < -0.4 is 5.73 Å². The highest BCUT2D eigenvalue weighted by molar-refractivity contribution is 14.0. The fourth-order valence-corrected chi connectivity index (χ4v) is 1.08. The Balaban J connectivity index is 0.00000256. The number of non-ortho nitro benzene ring substituents is 1. The third-order valence-corrected chi connectivity index (χ3v) is 2.00. The molecular weight excluding hydrogens is 335 g/mol. The molecule has 1 rings (SSSR count). The monoisotopic (exact) mass is 350 g/mol. The fourth-order valence-electron chi connectivity index (χ4n) is 1.08. The highest BCUT2D eigenvalue weighted by atomic mass is 127. The summed E-state index contributed by atoms with van der Waals surface area (Å²) in [6.07, 6.45) is 0. The van der Waals surface area contributed by atoms with E-state index < -0.39 is 4.92 Å². The van der Waals surface area contributed by atoms with E-state index in [2.05, 4.69) is 4.99 Å². The molecule has 7 heteroatoms. The maximum Gasteiger partial charge on any atom is 0.269 e. The van der Waals surface area contributed by atoms with Gasteiger partial charge in [-0.2, -0.15) is 0 Å². The van der Waals surface area contributed by atoms with Crippen molar-refractivity contribution in [1.82, 2.24) is 4.90 Å². The van der Waals surface area contributed by atoms with Crippen LogP contribution in [0.3, 0.4) is 0 Å². The first kappa shape index (κ1) is 15.6. The van der Waals surface area contributed by atoms with E-state index in [-0.39, 0.29) is 29.7 Å². The molecular formula is C10H15IN4O2. The second-order valence-corrected chi connectivity index (χ2v) is 3.50. The van der Waals surface area contributed by atoms with Crippen molar-refractivity contribution in [2.75, 3.05) is 14.1 Å². The summed E-state index contributed by atoms with van der Waals surface area (Å²) in [4.78, 5) is 15.9. The molecule has 0 aliphatic carbocycles. The number of aliphatic imine (C=N–C) groups is 1. The van der Waals surface area contributed by atoms with Crippen molar-refractivity contribution in [3.05, 3.63) is 39.9 Å². The summed E-state index contributed by atoms with van der Waals surface area (Å²) in [5.41, 5.74) is 6.43. The summed E-state index contributed by atoms with van der Waals surface area (Å²) in [5, 5.41) is 10.5. The smallest absolute Gasteiger partial charge is 0.269 e. The summed E-state index contributed by atoms with van der Waals surface area (Å²) >= 11 is 0.